The van der Waals surface area contributed by atoms with Crippen molar-refractivity contribution in [1.29, 1.82) is 0 Å². The van der Waals surface area contributed by atoms with E-state index in [9.17, 15) is 9.59 Å². The predicted molar refractivity (Wildman–Crippen MR) is 109 cm³/mol. The minimum absolute atomic E-state index is 0.0685. The molecule has 0 fully saturated rings. The summed E-state index contributed by atoms with van der Waals surface area (Å²) < 4.78 is 11.0. The summed E-state index contributed by atoms with van der Waals surface area (Å²) in [6, 6.07) is 12.6. The van der Waals surface area contributed by atoms with E-state index in [2.05, 4.69) is 16.0 Å². The Kier molecular flexibility index (Phi) is 5.73. The van der Waals surface area contributed by atoms with E-state index in [-0.39, 0.29) is 18.4 Å². The Balaban J connectivity index is 1.54. The molecule has 0 saturated carbocycles. The van der Waals surface area contributed by atoms with Crippen LogP contribution < -0.4 is 25.4 Å². The summed E-state index contributed by atoms with van der Waals surface area (Å²) in [4.78, 5) is 24.3. The molecular formula is C21H25N3O4. The van der Waals surface area contributed by atoms with Gasteiger partial charge in [-0.05, 0) is 30.3 Å². The fourth-order valence-electron chi connectivity index (χ4n) is 2.53. The molecule has 2 amide bonds. The van der Waals surface area contributed by atoms with Crippen LogP contribution in [0.15, 0.2) is 42.5 Å². The summed E-state index contributed by atoms with van der Waals surface area (Å²) in [5, 5.41) is 8.76. The van der Waals surface area contributed by atoms with Gasteiger partial charge in [-0.25, -0.2) is 0 Å². The molecular weight excluding hydrogens is 358 g/mol. The maximum atomic E-state index is 12.2. The van der Waals surface area contributed by atoms with E-state index < -0.39 is 5.41 Å². The Morgan fingerprint density at radius 1 is 0.893 bits per heavy atom. The van der Waals surface area contributed by atoms with Crippen LogP contribution in [0, 0.1) is 5.41 Å². The lowest BCUT2D eigenvalue weighted by Gasteiger charge is -2.19. The van der Waals surface area contributed by atoms with Gasteiger partial charge in [-0.15, -0.1) is 0 Å². The maximum absolute atomic E-state index is 12.2. The molecule has 28 heavy (non-hydrogen) atoms. The lowest BCUT2D eigenvalue weighted by molar-refractivity contribution is -0.123. The summed E-state index contributed by atoms with van der Waals surface area (Å²) in [5.74, 6) is 1.04. The second-order valence-electron chi connectivity index (χ2n) is 7.55. The van der Waals surface area contributed by atoms with Crippen molar-refractivity contribution in [3.63, 3.8) is 0 Å². The van der Waals surface area contributed by atoms with Crippen molar-refractivity contribution in [1.82, 2.24) is 0 Å². The van der Waals surface area contributed by atoms with Crippen LogP contribution in [0.3, 0.4) is 0 Å². The molecule has 1 aliphatic heterocycles. The monoisotopic (exact) mass is 383 g/mol. The number of ether oxygens (including phenoxy) is 2. The van der Waals surface area contributed by atoms with Crippen LogP contribution in [0.5, 0.6) is 11.5 Å². The normalized spacial score (nSPS) is 12.8. The van der Waals surface area contributed by atoms with E-state index in [0.717, 1.165) is 5.69 Å². The van der Waals surface area contributed by atoms with Crippen molar-refractivity contribution < 1.29 is 19.1 Å². The maximum Gasteiger partial charge on any atom is 0.243 e. The lowest BCUT2D eigenvalue weighted by atomic mass is 9.95. The van der Waals surface area contributed by atoms with Gasteiger partial charge < -0.3 is 25.4 Å². The van der Waals surface area contributed by atoms with Crippen molar-refractivity contribution in [2.75, 3.05) is 35.7 Å². The fourth-order valence-corrected chi connectivity index (χ4v) is 2.53. The molecule has 7 heteroatoms. The van der Waals surface area contributed by atoms with Crippen LogP contribution in [0.4, 0.5) is 17.1 Å². The molecule has 3 rings (SSSR count). The number of anilines is 3. The number of hydrogen-bond acceptors (Lipinski definition) is 5. The first kappa shape index (κ1) is 19.5. The quantitative estimate of drug-likeness (QED) is 0.735. The van der Waals surface area contributed by atoms with Crippen LogP contribution in [-0.4, -0.2) is 31.6 Å². The molecule has 0 aliphatic carbocycles. The molecule has 0 saturated heterocycles. The highest BCUT2D eigenvalue weighted by Crippen LogP contribution is 2.32. The highest BCUT2D eigenvalue weighted by Gasteiger charge is 2.21. The molecule has 7 nitrogen and oxygen atoms in total. The van der Waals surface area contributed by atoms with Crippen molar-refractivity contribution in [3.05, 3.63) is 42.5 Å². The number of nitrogens with one attached hydrogen (secondary N) is 3. The van der Waals surface area contributed by atoms with E-state index >= 15 is 0 Å². The van der Waals surface area contributed by atoms with Gasteiger partial charge in [0.1, 0.15) is 13.2 Å². The first-order valence-electron chi connectivity index (χ1n) is 9.16. The largest absolute Gasteiger partial charge is 0.486 e. The molecule has 2 aromatic carbocycles. The zero-order valence-electron chi connectivity index (χ0n) is 16.3. The van der Waals surface area contributed by atoms with Gasteiger partial charge in [0.15, 0.2) is 11.5 Å². The van der Waals surface area contributed by atoms with Crippen molar-refractivity contribution in [2.45, 2.75) is 20.8 Å². The number of rotatable bonds is 5. The third-order valence-electron chi connectivity index (χ3n) is 4.08. The predicted octanol–water partition coefficient (Wildman–Crippen LogP) is 3.49. The van der Waals surface area contributed by atoms with Gasteiger partial charge in [-0.2, -0.15) is 0 Å². The third-order valence-corrected chi connectivity index (χ3v) is 4.08. The van der Waals surface area contributed by atoms with Crippen LogP contribution in [0.25, 0.3) is 0 Å². The highest BCUT2D eigenvalue weighted by molar-refractivity contribution is 5.96. The van der Waals surface area contributed by atoms with Crippen LogP contribution >= 0.6 is 0 Å². The van der Waals surface area contributed by atoms with Gasteiger partial charge in [0.05, 0.1) is 6.54 Å². The van der Waals surface area contributed by atoms with E-state index in [1.54, 1.807) is 24.3 Å². The van der Waals surface area contributed by atoms with E-state index in [1.165, 1.54) is 0 Å². The molecule has 0 unspecified atom stereocenters. The Morgan fingerprint density at radius 3 is 2.32 bits per heavy atom. The standard InChI is InChI=1S/C21H25N3O4/c1-21(2,3)20(26)24-15-6-4-5-14(11-15)22-13-19(25)23-16-7-8-17-18(12-16)28-10-9-27-17/h4-8,11-12,22H,9-10,13H2,1-3H3,(H,23,25)(H,24,26). The van der Waals surface area contributed by atoms with Crippen LogP contribution in [0.1, 0.15) is 20.8 Å². The second kappa shape index (κ2) is 8.21. The van der Waals surface area contributed by atoms with E-state index in [4.69, 9.17) is 9.47 Å². The Morgan fingerprint density at radius 2 is 1.57 bits per heavy atom. The average molecular weight is 383 g/mol. The zero-order valence-corrected chi connectivity index (χ0v) is 16.3. The summed E-state index contributed by atoms with van der Waals surface area (Å²) in [6.07, 6.45) is 0. The number of carbonyl (C=O) groups is 2. The average Bonchev–Trinajstić information content (AvgIpc) is 2.66. The summed E-state index contributed by atoms with van der Waals surface area (Å²) in [5.41, 5.74) is 1.58. The van der Waals surface area contributed by atoms with E-state index in [1.807, 2.05) is 39.0 Å². The molecule has 2 aromatic rings. The molecule has 0 spiro atoms. The minimum Gasteiger partial charge on any atom is -0.486 e. The smallest absolute Gasteiger partial charge is 0.243 e. The number of fused-ring (bicyclic) bond motifs is 1. The van der Waals surface area contributed by atoms with Crippen molar-refractivity contribution in [2.24, 2.45) is 5.41 Å². The fraction of sp³-hybridized carbons (Fsp3) is 0.333. The first-order valence-corrected chi connectivity index (χ1v) is 9.16. The minimum atomic E-state index is -0.479. The number of carbonyl (C=O) groups excluding carboxylic acids is 2. The van der Waals surface area contributed by atoms with Gasteiger partial charge in [0.25, 0.3) is 0 Å². The second-order valence-corrected chi connectivity index (χ2v) is 7.55. The first-order chi connectivity index (χ1) is 13.3. The van der Waals surface area contributed by atoms with Gasteiger partial charge in [0.2, 0.25) is 11.8 Å². The molecule has 0 bridgehead atoms. The Bertz CT molecular complexity index is 874. The van der Waals surface area contributed by atoms with Gasteiger partial charge >= 0.3 is 0 Å². The zero-order chi connectivity index (χ0) is 20.1. The molecule has 0 atom stereocenters. The number of benzene rings is 2. The number of amides is 2. The lowest BCUT2D eigenvalue weighted by Crippen LogP contribution is -2.27. The van der Waals surface area contributed by atoms with Crippen LogP contribution in [-0.2, 0) is 9.59 Å². The van der Waals surface area contributed by atoms with E-state index in [0.29, 0.717) is 36.1 Å². The summed E-state index contributed by atoms with van der Waals surface area (Å²) in [7, 11) is 0. The molecule has 148 valence electrons. The summed E-state index contributed by atoms with van der Waals surface area (Å²) in [6.45, 7) is 6.67. The Labute approximate surface area is 164 Å². The van der Waals surface area contributed by atoms with Crippen molar-refractivity contribution in [3.8, 4) is 11.5 Å². The molecule has 1 heterocycles. The molecule has 3 N–H and O–H groups in total. The highest BCUT2D eigenvalue weighted by atomic mass is 16.6. The third kappa shape index (κ3) is 5.16. The number of hydrogen-bond donors (Lipinski definition) is 3. The van der Waals surface area contributed by atoms with Gasteiger partial charge in [-0.1, -0.05) is 26.8 Å². The molecule has 0 radical (unpaired) electrons. The van der Waals surface area contributed by atoms with Crippen molar-refractivity contribution >= 4 is 28.9 Å². The van der Waals surface area contributed by atoms with Crippen LogP contribution in [0.2, 0.25) is 0 Å². The summed E-state index contributed by atoms with van der Waals surface area (Å²) >= 11 is 0. The molecule has 0 aromatic heterocycles. The molecule has 1 aliphatic rings. The topological polar surface area (TPSA) is 88.7 Å². The SMILES string of the molecule is CC(C)(C)C(=O)Nc1cccc(NCC(=O)Nc2ccc3c(c2)OCCO3)c1. The Hall–Kier alpha value is -3.22. The van der Waals surface area contributed by atoms with Gasteiger partial charge in [-0.3, -0.25) is 9.59 Å². The van der Waals surface area contributed by atoms with Gasteiger partial charge in [0, 0.05) is 28.5 Å².